The SMILES string of the molecule is Cc1cc2ccc(C(C(C)C)n3ccnn3)cc2cc1C. The minimum Gasteiger partial charge on any atom is -0.245 e. The normalized spacial score (nSPS) is 13.0. The Morgan fingerprint density at radius 2 is 1.67 bits per heavy atom. The topological polar surface area (TPSA) is 30.7 Å². The van der Waals surface area contributed by atoms with E-state index in [1.165, 1.54) is 27.5 Å². The highest BCUT2D eigenvalue weighted by molar-refractivity contribution is 5.84. The van der Waals surface area contributed by atoms with E-state index < -0.39 is 0 Å². The van der Waals surface area contributed by atoms with Gasteiger partial charge in [0.2, 0.25) is 0 Å². The predicted molar refractivity (Wildman–Crippen MR) is 86.4 cm³/mol. The van der Waals surface area contributed by atoms with E-state index in [1.807, 2.05) is 10.9 Å². The fourth-order valence-corrected chi connectivity index (χ4v) is 2.94. The van der Waals surface area contributed by atoms with Gasteiger partial charge < -0.3 is 0 Å². The first-order valence-electron chi connectivity index (χ1n) is 7.43. The van der Waals surface area contributed by atoms with Gasteiger partial charge in [-0.2, -0.15) is 0 Å². The Hall–Kier alpha value is -2.16. The van der Waals surface area contributed by atoms with E-state index in [0.717, 1.165) is 0 Å². The van der Waals surface area contributed by atoms with Gasteiger partial charge in [-0.05, 0) is 53.3 Å². The van der Waals surface area contributed by atoms with Gasteiger partial charge in [-0.25, -0.2) is 4.68 Å². The third-order valence-corrected chi connectivity index (χ3v) is 4.18. The molecule has 0 spiro atoms. The molecule has 0 aliphatic carbocycles. The first-order chi connectivity index (χ1) is 10.1. The lowest BCUT2D eigenvalue weighted by atomic mass is 9.93. The van der Waals surface area contributed by atoms with Crippen molar-refractivity contribution in [3.63, 3.8) is 0 Å². The molecule has 1 heterocycles. The molecule has 3 nitrogen and oxygen atoms in total. The van der Waals surface area contributed by atoms with Gasteiger partial charge in [0.05, 0.1) is 12.2 Å². The monoisotopic (exact) mass is 279 g/mol. The molecule has 0 N–H and O–H groups in total. The summed E-state index contributed by atoms with van der Waals surface area (Å²) in [6, 6.07) is 11.5. The van der Waals surface area contributed by atoms with Gasteiger partial charge in [0.25, 0.3) is 0 Å². The minimum atomic E-state index is 0.221. The number of benzene rings is 2. The summed E-state index contributed by atoms with van der Waals surface area (Å²) in [4.78, 5) is 0. The van der Waals surface area contributed by atoms with Crippen LogP contribution in [0.15, 0.2) is 42.7 Å². The number of rotatable bonds is 3. The van der Waals surface area contributed by atoms with Crippen molar-refractivity contribution in [1.82, 2.24) is 15.0 Å². The molecule has 1 aromatic heterocycles. The van der Waals surface area contributed by atoms with Gasteiger partial charge in [0.15, 0.2) is 0 Å². The molecule has 0 amide bonds. The van der Waals surface area contributed by atoms with Crippen LogP contribution < -0.4 is 0 Å². The van der Waals surface area contributed by atoms with Gasteiger partial charge in [-0.15, -0.1) is 5.10 Å². The van der Waals surface area contributed by atoms with Crippen LogP contribution in [-0.2, 0) is 0 Å². The number of hydrogen-bond acceptors (Lipinski definition) is 2. The van der Waals surface area contributed by atoms with E-state index in [2.05, 4.69) is 68.3 Å². The second-order valence-corrected chi connectivity index (χ2v) is 6.11. The van der Waals surface area contributed by atoms with Crippen LogP contribution in [0.1, 0.15) is 36.6 Å². The fourth-order valence-electron chi connectivity index (χ4n) is 2.94. The van der Waals surface area contributed by atoms with Gasteiger partial charge in [0, 0.05) is 6.20 Å². The standard InChI is InChI=1S/C18H21N3/c1-12(2)18(21-8-7-19-20-21)16-6-5-15-9-13(3)14(4)10-17(15)11-16/h5-12,18H,1-4H3. The maximum absolute atomic E-state index is 4.19. The van der Waals surface area contributed by atoms with E-state index >= 15 is 0 Å². The van der Waals surface area contributed by atoms with Crippen LogP contribution in [-0.4, -0.2) is 15.0 Å². The van der Waals surface area contributed by atoms with Gasteiger partial charge in [-0.1, -0.05) is 43.3 Å². The van der Waals surface area contributed by atoms with Crippen LogP contribution in [0.25, 0.3) is 10.8 Å². The highest BCUT2D eigenvalue weighted by Gasteiger charge is 2.18. The lowest BCUT2D eigenvalue weighted by molar-refractivity contribution is 0.394. The summed E-state index contributed by atoms with van der Waals surface area (Å²) in [5, 5.41) is 10.7. The third-order valence-electron chi connectivity index (χ3n) is 4.18. The Balaban J connectivity index is 2.13. The number of fused-ring (bicyclic) bond motifs is 1. The molecule has 21 heavy (non-hydrogen) atoms. The molecule has 0 saturated heterocycles. The molecule has 1 atom stereocenters. The molecule has 0 radical (unpaired) electrons. The summed E-state index contributed by atoms with van der Waals surface area (Å²) < 4.78 is 1.95. The smallest absolute Gasteiger partial charge is 0.0809 e. The minimum absolute atomic E-state index is 0.221. The summed E-state index contributed by atoms with van der Waals surface area (Å²) in [7, 11) is 0. The van der Waals surface area contributed by atoms with Crippen molar-refractivity contribution < 1.29 is 0 Å². The number of hydrogen-bond donors (Lipinski definition) is 0. The van der Waals surface area contributed by atoms with Gasteiger partial charge in [-0.3, -0.25) is 0 Å². The summed E-state index contributed by atoms with van der Waals surface area (Å²) in [5.41, 5.74) is 3.96. The Kier molecular flexibility index (Phi) is 3.50. The number of aromatic nitrogens is 3. The average molecular weight is 279 g/mol. The van der Waals surface area contributed by atoms with Gasteiger partial charge in [0.1, 0.15) is 0 Å². The Morgan fingerprint density at radius 1 is 0.952 bits per heavy atom. The van der Waals surface area contributed by atoms with Crippen molar-refractivity contribution in [1.29, 1.82) is 0 Å². The molecule has 108 valence electrons. The van der Waals surface area contributed by atoms with E-state index in [9.17, 15) is 0 Å². The zero-order valence-electron chi connectivity index (χ0n) is 13.0. The van der Waals surface area contributed by atoms with Crippen LogP contribution in [0.3, 0.4) is 0 Å². The van der Waals surface area contributed by atoms with Crippen molar-refractivity contribution in [2.75, 3.05) is 0 Å². The summed E-state index contributed by atoms with van der Waals surface area (Å²) in [6.45, 7) is 8.77. The highest BCUT2D eigenvalue weighted by Crippen LogP contribution is 2.29. The molecule has 0 bridgehead atoms. The second-order valence-electron chi connectivity index (χ2n) is 6.11. The largest absolute Gasteiger partial charge is 0.245 e. The fraction of sp³-hybridized carbons (Fsp3) is 0.333. The molecule has 0 fully saturated rings. The summed E-state index contributed by atoms with van der Waals surface area (Å²) >= 11 is 0. The maximum Gasteiger partial charge on any atom is 0.0809 e. The first-order valence-corrected chi connectivity index (χ1v) is 7.43. The molecule has 1 unspecified atom stereocenters. The molecule has 0 saturated carbocycles. The second kappa shape index (κ2) is 5.32. The van der Waals surface area contributed by atoms with Crippen molar-refractivity contribution >= 4 is 10.8 Å². The maximum atomic E-state index is 4.19. The first kappa shape index (κ1) is 13.8. The molecule has 3 heteroatoms. The average Bonchev–Trinajstić information content (AvgIpc) is 2.94. The van der Waals surface area contributed by atoms with Crippen molar-refractivity contribution in [3.8, 4) is 0 Å². The van der Waals surface area contributed by atoms with E-state index in [4.69, 9.17) is 0 Å². The number of aryl methyl sites for hydroxylation is 2. The van der Waals surface area contributed by atoms with Crippen LogP contribution in [0, 0.1) is 19.8 Å². The molecule has 3 rings (SSSR count). The predicted octanol–water partition coefficient (Wildman–Crippen LogP) is 4.29. The molecule has 0 aliphatic rings. The molecular formula is C18H21N3. The van der Waals surface area contributed by atoms with Gasteiger partial charge >= 0.3 is 0 Å². The summed E-state index contributed by atoms with van der Waals surface area (Å²) in [5.74, 6) is 0.454. The van der Waals surface area contributed by atoms with Crippen LogP contribution in [0.5, 0.6) is 0 Å². The van der Waals surface area contributed by atoms with E-state index in [1.54, 1.807) is 6.20 Å². The lowest BCUT2D eigenvalue weighted by Gasteiger charge is -2.22. The molecule has 2 aromatic carbocycles. The molecule has 3 aromatic rings. The lowest BCUT2D eigenvalue weighted by Crippen LogP contribution is -2.17. The Morgan fingerprint density at radius 3 is 2.29 bits per heavy atom. The van der Waals surface area contributed by atoms with Crippen molar-refractivity contribution in [3.05, 3.63) is 59.4 Å². The summed E-state index contributed by atoms with van der Waals surface area (Å²) in [6.07, 6.45) is 3.68. The van der Waals surface area contributed by atoms with Crippen LogP contribution >= 0.6 is 0 Å². The van der Waals surface area contributed by atoms with E-state index in [-0.39, 0.29) is 6.04 Å². The zero-order chi connectivity index (χ0) is 15.0. The highest BCUT2D eigenvalue weighted by atomic mass is 15.4. The van der Waals surface area contributed by atoms with Crippen molar-refractivity contribution in [2.24, 2.45) is 5.92 Å². The van der Waals surface area contributed by atoms with E-state index in [0.29, 0.717) is 5.92 Å². The molecule has 0 aliphatic heterocycles. The Labute approximate surface area is 125 Å². The molecular weight excluding hydrogens is 258 g/mol. The third kappa shape index (κ3) is 2.56. The zero-order valence-corrected chi connectivity index (χ0v) is 13.0. The quantitative estimate of drug-likeness (QED) is 0.716. The van der Waals surface area contributed by atoms with Crippen LogP contribution in [0.2, 0.25) is 0 Å². The Bertz CT molecular complexity index is 757. The van der Waals surface area contributed by atoms with Crippen LogP contribution in [0.4, 0.5) is 0 Å². The number of nitrogens with zero attached hydrogens (tertiary/aromatic N) is 3. The van der Waals surface area contributed by atoms with Crippen molar-refractivity contribution in [2.45, 2.75) is 33.7 Å².